The van der Waals surface area contributed by atoms with Gasteiger partial charge >= 0.3 is 0 Å². The first-order valence-electron chi connectivity index (χ1n) is 7.00. The quantitative estimate of drug-likeness (QED) is 0.797. The maximum absolute atomic E-state index is 13.4. The van der Waals surface area contributed by atoms with Crippen LogP contribution in [0, 0.1) is 5.82 Å². The molecule has 1 unspecified atom stereocenters. The van der Waals surface area contributed by atoms with Crippen LogP contribution in [0.2, 0.25) is 0 Å². The van der Waals surface area contributed by atoms with Crippen LogP contribution in [0.1, 0.15) is 37.7 Å². The summed E-state index contributed by atoms with van der Waals surface area (Å²) >= 11 is 0. The van der Waals surface area contributed by atoms with E-state index in [1.807, 2.05) is 12.1 Å². The summed E-state index contributed by atoms with van der Waals surface area (Å²) in [6.45, 7) is 0.843. The van der Waals surface area contributed by atoms with Crippen molar-refractivity contribution in [3.05, 3.63) is 47.8 Å². The van der Waals surface area contributed by atoms with Gasteiger partial charge in [0.15, 0.2) is 0 Å². The summed E-state index contributed by atoms with van der Waals surface area (Å²) in [4.78, 5) is 0. The summed E-state index contributed by atoms with van der Waals surface area (Å²) in [5.41, 5.74) is 0.805. The highest BCUT2D eigenvalue weighted by atomic mass is 19.1. The minimum atomic E-state index is -0.0903. The number of nitrogens with one attached hydrogen (secondary N) is 1. The monoisotopic (exact) mass is 247 g/mol. The van der Waals surface area contributed by atoms with Gasteiger partial charge in [0.1, 0.15) is 5.82 Å². The fourth-order valence-corrected chi connectivity index (χ4v) is 2.42. The fourth-order valence-electron chi connectivity index (χ4n) is 2.42. The van der Waals surface area contributed by atoms with Gasteiger partial charge in [-0.2, -0.15) is 0 Å². The molecular formula is C16H22FN. The van der Waals surface area contributed by atoms with Crippen molar-refractivity contribution in [1.29, 1.82) is 0 Å². The molecule has 1 aromatic carbocycles. The zero-order chi connectivity index (χ0) is 12.6. The van der Waals surface area contributed by atoms with Crippen molar-refractivity contribution in [2.24, 2.45) is 0 Å². The SMILES string of the molecule is Fc1ccccc1CCNC1/C=C/CCCCC1. The smallest absolute Gasteiger partial charge is 0.126 e. The molecule has 0 aliphatic heterocycles. The van der Waals surface area contributed by atoms with Crippen LogP contribution in [0.25, 0.3) is 0 Å². The Bertz CT molecular complexity index is 386. The molecule has 0 radical (unpaired) electrons. The van der Waals surface area contributed by atoms with Gasteiger partial charge < -0.3 is 5.32 Å². The first-order chi connectivity index (χ1) is 8.86. The van der Waals surface area contributed by atoms with E-state index in [4.69, 9.17) is 0 Å². The highest BCUT2D eigenvalue weighted by molar-refractivity contribution is 5.17. The number of rotatable bonds is 4. The molecule has 1 aliphatic rings. The van der Waals surface area contributed by atoms with Gasteiger partial charge in [0.05, 0.1) is 0 Å². The van der Waals surface area contributed by atoms with E-state index < -0.39 is 0 Å². The summed E-state index contributed by atoms with van der Waals surface area (Å²) in [6.07, 6.45) is 11.7. The molecule has 0 aromatic heterocycles. The Labute approximate surface area is 109 Å². The topological polar surface area (TPSA) is 12.0 Å². The second-order valence-electron chi connectivity index (χ2n) is 4.97. The highest BCUT2D eigenvalue weighted by Crippen LogP contribution is 2.12. The maximum Gasteiger partial charge on any atom is 0.126 e. The van der Waals surface area contributed by atoms with Crippen molar-refractivity contribution >= 4 is 0 Å². The number of halogens is 1. The van der Waals surface area contributed by atoms with Crippen LogP contribution in [0.4, 0.5) is 4.39 Å². The van der Waals surface area contributed by atoms with Gasteiger partial charge in [0, 0.05) is 6.04 Å². The Hall–Kier alpha value is -1.15. The second kappa shape index (κ2) is 7.32. The Balaban J connectivity index is 1.77. The highest BCUT2D eigenvalue weighted by Gasteiger charge is 2.06. The van der Waals surface area contributed by atoms with E-state index in [9.17, 15) is 4.39 Å². The van der Waals surface area contributed by atoms with Crippen molar-refractivity contribution in [3.8, 4) is 0 Å². The van der Waals surface area contributed by atoms with E-state index in [1.54, 1.807) is 6.07 Å². The van der Waals surface area contributed by atoms with E-state index in [1.165, 1.54) is 38.2 Å². The van der Waals surface area contributed by atoms with Gasteiger partial charge in [-0.1, -0.05) is 43.2 Å². The average Bonchev–Trinajstić information content (AvgIpc) is 2.34. The Morgan fingerprint density at radius 1 is 1.17 bits per heavy atom. The molecule has 1 N–H and O–H groups in total. The van der Waals surface area contributed by atoms with E-state index in [2.05, 4.69) is 17.5 Å². The van der Waals surface area contributed by atoms with E-state index in [0.717, 1.165) is 18.5 Å². The average molecular weight is 247 g/mol. The predicted octanol–water partition coefficient (Wildman–Crippen LogP) is 3.85. The lowest BCUT2D eigenvalue weighted by Gasteiger charge is -2.17. The van der Waals surface area contributed by atoms with Gasteiger partial charge in [-0.15, -0.1) is 0 Å². The van der Waals surface area contributed by atoms with Crippen LogP contribution >= 0.6 is 0 Å². The lowest BCUT2D eigenvalue weighted by molar-refractivity contribution is 0.507. The molecule has 0 fully saturated rings. The maximum atomic E-state index is 13.4. The number of allylic oxidation sites excluding steroid dienone is 1. The third kappa shape index (κ3) is 4.26. The molecule has 2 rings (SSSR count). The minimum Gasteiger partial charge on any atom is -0.310 e. The van der Waals surface area contributed by atoms with E-state index >= 15 is 0 Å². The number of hydrogen-bond donors (Lipinski definition) is 1. The largest absolute Gasteiger partial charge is 0.310 e. The first-order valence-corrected chi connectivity index (χ1v) is 7.00. The molecular weight excluding hydrogens is 225 g/mol. The standard InChI is InChI=1S/C16H22FN/c17-16-11-7-6-8-14(16)12-13-18-15-9-4-2-1-3-5-10-15/h4,6-9,11,15,18H,1-3,5,10,12-13H2/b9-4+. The molecule has 1 aromatic rings. The Kier molecular flexibility index (Phi) is 5.40. The molecule has 18 heavy (non-hydrogen) atoms. The summed E-state index contributed by atoms with van der Waals surface area (Å²) < 4.78 is 13.4. The van der Waals surface area contributed by atoms with Crippen molar-refractivity contribution in [1.82, 2.24) is 5.32 Å². The van der Waals surface area contributed by atoms with E-state index in [-0.39, 0.29) is 5.82 Å². The summed E-state index contributed by atoms with van der Waals surface area (Å²) in [6, 6.07) is 7.51. The third-order valence-corrected chi connectivity index (χ3v) is 3.51. The van der Waals surface area contributed by atoms with Crippen LogP contribution in [0.5, 0.6) is 0 Å². The van der Waals surface area contributed by atoms with E-state index in [0.29, 0.717) is 6.04 Å². The number of hydrogen-bond acceptors (Lipinski definition) is 1. The molecule has 0 amide bonds. The van der Waals surface area contributed by atoms with Crippen LogP contribution in [0.3, 0.4) is 0 Å². The number of benzene rings is 1. The van der Waals surface area contributed by atoms with Gasteiger partial charge in [-0.25, -0.2) is 4.39 Å². The normalized spacial score (nSPS) is 22.2. The zero-order valence-electron chi connectivity index (χ0n) is 10.9. The van der Waals surface area contributed by atoms with Crippen molar-refractivity contribution < 1.29 is 4.39 Å². The fraction of sp³-hybridized carbons (Fsp3) is 0.500. The van der Waals surface area contributed by atoms with Crippen molar-refractivity contribution in [3.63, 3.8) is 0 Å². The lowest BCUT2D eigenvalue weighted by Crippen LogP contribution is -2.29. The molecule has 0 saturated carbocycles. The Morgan fingerprint density at radius 2 is 2.06 bits per heavy atom. The zero-order valence-corrected chi connectivity index (χ0v) is 10.9. The van der Waals surface area contributed by atoms with Crippen molar-refractivity contribution in [2.75, 3.05) is 6.54 Å². The lowest BCUT2D eigenvalue weighted by atomic mass is 10.0. The summed E-state index contributed by atoms with van der Waals surface area (Å²) in [5.74, 6) is -0.0903. The Morgan fingerprint density at radius 3 is 2.94 bits per heavy atom. The molecule has 1 atom stereocenters. The second-order valence-corrected chi connectivity index (χ2v) is 4.97. The van der Waals surface area contributed by atoms with Crippen molar-refractivity contribution in [2.45, 2.75) is 44.6 Å². The van der Waals surface area contributed by atoms with Gasteiger partial charge in [-0.3, -0.25) is 0 Å². The van der Waals surface area contributed by atoms with Crippen LogP contribution in [-0.2, 0) is 6.42 Å². The van der Waals surface area contributed by atoms with Crippen LogP contribution < -0.4 is 5.32 Å². The summed E-state index contributed by atoms with van der Waals surface area (Å²) in [5, 5.41) is 3.51. The molecule has 0 heterocycles. The first kappa shape index (κ1) is 13.3. The minimum absolute atomic E-state index is 0.0903. The molecule has 1 nitrogen and oxygen atoms in total. The van der Waals surface area contributed by atoms with Gasteiger partial charge in [0.25, 0.3) is 0 Å². The van der Waals surface area contributed by atoms with Crippen LogP contribution in [-0.4, -0.2) is 12.6 Å². The molecule has 0 bridgehead atoms. The van der Waals surface area contributed by atoms with Gasteiger partial charge in [-0.05, 0) is 43.9 Å². The third-order valence-electron chi connectivity index (χ3n) is 3.51. The van der Waals surface area contributed by atoms with Gasteiger partial charge in [0.2, 0.25) is 0 Å². The summed E-state index contributed by atoms with van der Waals surface area (Å²) in [7, 11) is 0. The predicted molar refractivity (Wildman–Crippen MR) is 74.1 cm³/mol. The molecule has 1 aliphatic carbocycles. The molecule has 0 spiro atoms. The molecule has 2 heteroatoms. The molecule has 98 valence electrons. The molecule has 0 saturated heterocycles. The van der Waals surface area contributed by atoms with Crippen LogP contribution in [0.15, 0.2) is 36.4 Å².